The van der Waals surface area contributed by atoms with E-state index >= 15 is 0 Å². The van der Waals surface area contributed by atoms with Gasteiger partial charge < -0.3 is 9.88 Å². The van der Waals surface area contributed by atoms with E-state index in [1.165, 1.54) is 0 Å². The molecule has 0 aromatic heterocycles. The minimum atomic E-state index is -2.20. The first kappa shape index (κ1) is 17.7. The van der Waals surface area contributed by atoms with Crippen molar-refractivity contribution in [2.45, 2.75) is 13.8 Å². The molecule has 118 valence electrons. The molecule has 0 aliphatic heterocycles. The third-order valence-electron chi connectivity index (χ3n) is 2.85. The molecule has 0 atom stereocenters. The van der Waals surface area contributed by atoms with Crippen molar-refractivity contribution >= 4 is 18.7 Å². The molecule has 0 fully saturated rings. The molecule has 3 N–H and O–H groups in total. The summed E-state index contributed by atoms with van der Waals surface area (Å²) in [6, 6.07) is 5.88. The van der Waals surface area contributed by atoms with Gasteiger partial charge in [0.15, 0.2) is 0 Å². The Labute approximate surface area is 125 Å². The summed E-state index contributed by atoms with van der Waals surface area (Å²) in [5, 5.41) is 16.0. The number of carbonyl (C=O) groups excluding carboxylic acids is 1. The molecular formula is C14H24N3O3P. The Morgan fingerprint density at radius 1 is 1.33 bits per heavy atom. The molecule has 0 bridgehead atoms. The van der Waals surface area contributed by atoms with Crippen LogP contribution in [0.4, 0.5) is 5.69 Å². The summed E-state index contributed by atoms with van der Waals surface area (Å²) >= 11 is 0. The largest absolute Gasteiger partial charge is 0.376 e. The van der Waals surface area contributed by atoms with Crippen LogP contribution < -0.4 is 10.6 Å². The number of carbonyl (C=O) groups is 1. The van der Waals surface area contributed by atoms with E-state index in [4.69, 9.17) is 0 Å². The number of rotatable bonds is 7. The monoisotopic (exact) mass is 313 g/mol. The SMILES string of the molecule is Cc1ccc(NCC(=O)N(O)CNCP(C)(C)=O)c(C)c1. The van der Waals surface area contributed by atoms with Crippen molar-refractivity contribution < 1.29 is 14.6 Å². The van der Waals surface area contributed by atoms with E-state index in [-0.39, 0.29) is 19.5 Å². The molecule has 1 rings (SSSR count). The fourth-order valence-corrected chi connectivity index (χ4v) is 2.43. The molecule has 0 spiro atoms. The van der Waals surface area contributed by atoms with E-state index in [0.29, 0.717) is 5.06 Å². The predicted octanol–water partition coefficient (Wildman–Crippen LogP) is 2.06. The van der Waals surface area contributed by atoms with Crippen LogP contribution in [-0.4, -0.2) is 49.0 Å². The summed E-state index contributed by atoms with van der Waals surface area (Å²) in [6.07, 6.45) is 0.280. The van der Waals surface area contributed by atoms with E-state index in [0.717, 1.165) is 16.8 Å². The van der Waals surface area contributed by atoms with Crippen LogP contribution in [0.2, 0.25) is 0 Å². The maximum absolute atomic E-state index is 11.8. The van der Waals surface area contributed by atoms with Crippen molar-refractivity contribution in [3.63, 3.8) is 0 Å². The maximum Gasteiger partial charge on any atom is 0.266 e. The summed E-state index contributed by atoms with van der Waals surface area (Å²) in [7, 11) is -2.20. The fraction of sp³-hybridized carbons (Fsp3) is 0.500. The Morgan fingerprint density at radius 3 is 2.57 bits per heavy atom. The summed E-state index contributed by atoms with van der Waals surface area (Å²) in [6.45, 7) is 7.20. The van der Waals surface area contributed by atoms with Gasteiger partial charge in [0.2, 0.25) is 0 Å². The minimum Gasteiger partial charge on any atom is -0.376 e. The molecule has 1 amide bonds. The average molecular weight is 313 g/mol. The highest BCUT2D eigenvalue weighted by Gasteiger charge is 2.12. The maximum atomic E-state index is 11.8. The van der Waals surface area contributed by atoms with Gasteiger partial charge >= 0.3 is 0 Å². The number of benzene rings is 1. The van der Waals surface area contributed by atoms with E-state index in [1.54, 1.807) is 13.3 Å². The van der Waals surface area contributed by atoms with Gasteiger partial charge in [-0.05, 0) is 38.8 Å². The van der Waals surface area contributed by atoms with Gasteiger partial charge in [-0.1, -0.05) is 17.7 Å². The zero-order valence-corrected chi connectivity index (χ0v) is 13.9. The minimum absolute atomic E-state index is 0.00199. The van der Waals surface area contributed by atoms with Gasteiger partial charge in [0.25, 0.3) is 5.91 Å². The molecule has 0 saturated heterocycles. The fourth-order valence-electron chi connectivity index (χ4n) is 1.79. The third kappa shape index (κ3) is 6.76. The normalized spacial score (nSPS) is 11.3. The first-order valence-electron chi connectivity index (χ1n) is 6.74. The van der Waals surface area contributed by atoms with Crippen LogP contribution in [0.1, 0.15) is 11.1 Å². The van der Waals surface area contributed by atoms with E-state index in [9.17, 15) is 14.6 Å². The van der Waals surface area contributed by atoms with E-state index in [2.05, 4.69) is 10.6 Å². The van der Waals surface area contributed by atoms with Crippen LogP contribution in [0.3, 0.4) is 0 Å². The third-order valence-corrected chi connectivity index (χ3v) is 3.84. The summed E-state index contributed by atoms with van der Waals surface area (Å²) in [5.41, 5.74) is 3.06. The highest BCUT2D eigenvalue weighted by atomic mass is 31.2. The first-order chi connectivity index (χ1) is 9.69. The molecule has 0 aliphatic carbocycles. The second-order valence-corrected chi connectivity index (χ2v) is 9.07. The smallest absolute Gasteiger partial charge is 0.266 e. The standard InChI is InChI=1S/C14H24N3O3P/c1-11-5-6-13(12(2)7-11)16-8-14(18)17(19)9-15-10-21(3,4)20/h5-7,15-16,19H,8-10H2,1-4H3. The lowest BCUT2D eigenvalue weighted by molar-refractivity contribution is -0.164. The van der Waals surface area contributed by atoms with Gasteiger partial charge in [-0.2, -0.15) is 0 Å². The van der Waals surface area contributed by atoms with Gasteiger partial charge in [-0.25, -0.2) is 5.06 Å². The zero-order valence-electron chi connectivity index (χ0n) is 13.0. The number of aryl methyl sites for hydroxylation is 2. The Hall–Kier alpha value is -1.36. The molecule has 0 saturated carbocycles. The van der Waals surface area contributed by atoms with Crippen molar-refractivity contribution in [3.05, 3.63) is 29.3 Å². The molecule has 1 aromatic carbocycles. The van der Waals surface area contributed by atoms with Crippen molar-refractivity contribution in [3.8, 4) is 0 Å². The van der Waals surface area contributed by atoms with Crippen LogP contribution >= 0.6 is 7.14 Å². The Morgan fingerprint density at radius 2 is 2.00 bits per heavy atom. The van der Waals surface area contributed by atoms with Gasteiger partial charge in [0.05, 0.1) is 26.6 Å². The highest BCUT2D eigenvalue weighted by Crippen LogP contribution is 2.33. The number of amides is 1. The van der Waals surface area contributed by atoms with E-state index in [1.807, 2.05) is 32.0 Å². The lowest BCUT2D eigenvalue weighted by Gasteiger charge is -2.18. The Bertz CT molecular complexity index is 542. The van der Waals surface area contributed by atoms with Crippen LogP contribution in [0.15, 0.2) is 18.2 Å². The summed E-state index contributed by atoms with van der Waals surface area (Å²) in [4.78, 5) is 11.8. The second-order valence-electron chi connectivity index (χ2n) is 5.61. The number of hydrogen-bond acceptors (Lipinski definition) is 5. The average Bonchev–Trinajstić information content (AvgIpc) is 2.35. The Kier molecular flexibility index (Phi) is 6.40. The predicted molar refractivity (Wildman–Crippen MR) is 85.4 cm³/mol. The zero-order chi connectivity index (χ0) is 16.0. The van der Waals surface area contributed by atoms with Crippen LogP contribution in [-0.2, 0) is 9.36 Å². The molecule has 7 heteroatoms. The lowest BCUT2D eigenvalue weighted by atomic mass is 10.1. The summed E-state index contributed by atoms with van der Waals surface area (Å²) < 4.78 is 11.5. The molecule has 0 radical (unpaired) electrons. The quantitative estimate of drug-likeness (QED) is 0.311. The molecule has 6 nitrogen and oxygen atoms in total. The van der Waals surface area contributed by atoms with Crippen molar-refractivity contribution in [2.24, 2.45) is 0 Å². The van der Waals surface area contributed by atoms with E-state index < -0.39 is 13.0 Å². The van der Waals surface area contributed by atoms with Crippen LogP contribution in [0, 0.1) is 13.8 Å². The molecule has 21 heavy (non-hydrogen) atoms. The second kappa shape index (κ2) is 7.59. The lowest BCUT2D eigenvalue weighted by Crippen LogP contribution is -2.39. The van der Waals surface area contributed by atoms with Gasteiger partial charge in [-0.15, -0.1) is 0 Å². The van der Waals surface area contributed by atoms with Crippen molar-refractivity contribution in [2.75, 3.05) is 38.1 Å². The van der Waals surface area contributed by atoms with Gasteiger partial charge in [0.1, 0.15) is 0 Å². The highest BCUT2D eigenvalue weighted by molar-refractivity contribution is 7.62. The number of nitrogens with one attached hydrogen (secondary N) is 2. The van der Waals surface area contributed by atoms with Crippen molar-refractivity contribution in [1.29, 1.82) is 0 Å². The molecular weight excluding hydrogens is 289 g/mol. The van der Waals surface area contributed by atoms with Crippen molar-refractivity contribution in [1.82, 2.24) is 10.4 Å². The van der Waals surface area contributed by atoms with Gasteiger partial charge in [0, 0.05) is 5.69 Å². The molecule has 0 unspecified atom stereocenters. The number of nitrogens with zero attached hydrogens (tertiary/aromatic N) is 1. The van der Waals surface area contributed by atoms with Gasteiger partial charge in [-0.3, -0.25) is 15.3 Å². The number of hydroxylamine groups is 2. The molecule has 0 heterocycles. The topological polar surface area (TPSA) is 81.7 Å². The summed E-state index contributed by atoms with van der Waals surface area (Å²) in [5.74, 6) is -0.454. The van der Waals surface area contributed by atoms with Crippen LogP contribution in [0.5, 0.6) is 0 Å². The Balaban J connectivity index is 2.40. The first-order valence-corrected chi connectivity index (χ1v) is 9.53. The molecule has 0 aliphatic rings. The number of anilines is 1. The van der Waals surface area contributed by atoms with Crippen LogP contribution in [0.25, 0.3) is 0 Å². The molecule has 1 aromatic rings. The number of hydrogen-bond donors (Lipinski definition) is 3.